The van der Waals surface area contributed by atoms with Crippen LogP contribution < -0.4 is 9.46 Å². The number of aromatic nitrogens is 2. The highest BCUT2D eigenvalue weighted by molar-refractivity contribution is 7.92. The SMILES string of the molecule is C[C@H]1CN([C@@H](C)CO)C(=O)c2cc(NS(C)(=O)=O)ccc2O[C@@H]1CN(C)S(=O)(=O)c1cn(C)cn1. The summed E-state index contributed by atoms with van der Waals surface area (Å²) in [5, 5.41) is 9.65. The van der Waals surface area contributed by atoms with Crippen LogP contribution in [0, 0.1) is 5.92 Å². The summed E-state index contributed by atoms with van der Waals surface area (Å²) < 4.78 is 60.6. The number of aryl methyl sites for hydroxylation is 1. The van der Waals surface area contributed by atoms with Crippen LogP contribution in [-0.2, 0) is 27.1 Å². The molecule has 0 radical (unpaired) electrons. The molecule has 0 fully saturated rings. The number of anilines is 1. The fourth-order valence-corrected chi connectivity index (χ4v) is 5.45. The molecule has 1 aromatic heterocycles. The summed E-state index contributed by atoms with van der Waals surface area (Å²) in [6.45, 7) is 3.40. The second-order valence-corrected chi connectivity index (χ2v) is 12.6. The van der Waals surface area contributed by atoms with Crippen LogP contribution in [0.3, 0.4) is 0 Å². The van der Waals surface area contributed by atoms with Crippen molar-refractivity contribution in [2.45, 2.75) is 31.0 Å². The van der Waals surface area contributed by atoms with Gasteiger partial charge in [-0.1, -0.05) is 6.92 Å². The topological polar surface area (TPSA) is 151 Å². The van der Waals surface area contributed by atoms with Crippen LogP contribution in [0.5, 0.6) is 5.75 Å². The first-order valence-corrected chi connectivity index (χ1v) is 14.2. The molecule has 14 heteroatoms. The number of amides is 1. The lowest BCUT2D eigenvalue weighted by Gasteiger charge is -2.38. The van der Waals surface area contributed by atoms with Gasteiger partial charge < -0.3 is 19.3 Å². The standard InChI is InChI=1S/C21H31N5O7S2/c1-14-9-26(15(2)12-27)21(28)17-8-16(23-34(5,29)30)6-7-18(17)33-19(14)10-25(4)35(31,32)20-11-24(3)13-22-20/h6-8,11,13-15,19,23,27H,9-10,12H2,1-5H3/t14-,15-,19+/m0/s1. The van der Waals surface area contributed by atoms with Crippen molar-refractivity contribution in [3.05, 3.63) is 36.3 Å². The number of hydrogen-bond donors (Lipinski definition) is 2. The first-order valence-electron chi connectivity index (χ1n) is 10.9. The molecule has 2 heterocycles. The van der Waals surface area contributed by atoms with Gasteiger partial charge in [0, 0.05) is 38.4 Å². The third-order valence-corrected chi connectivity index (χ3v) is 8.08. The molecular weight excluding hydrogens is 498 g/mol. The Bertz CT molecular complexity index is 1290. The molecule has 3 rings (SSSR count). The van der Waals surface area contributed by atoms with E-state index in [0.717, 1.165) is 10.6 Å². The van der Waals surface area contributed by atoms with Gasteiger partial charge in [-0.25, -0.2) is 21.8 Å². The molecule has 0 spiro atoms. The average molecular weight is 530 g/mol. The van der Waals surface area contributed by atoms with E-state index in [1.165, 1.54) is 47.2 Å². The van der Waals surface area contributed by atoms with Crippen molar-refractivity contribution < 1.29 is 31.5 Å². The van der Waals surface area contributed by atoms with E-state index in [1.54, 1.807) is 14.0 Å². The molecule has 1 amide bonds. The Morgan fingerprint density at radius 2 is 2.00 bits per heavy atom. The number of carbonyl (C=O) groups excluding carboxylic acids is 1. The first-order chi connectivity index (χ1) is 16.2. The van der Waals surface area contributed by atoms with Crippen LogP contribution >= 0.6 is 0 Å². The minimum Gasteiger partial charge on any atom is -0.488 e. The second kappa shape index (κ2) is 10.1. The smallest absolute Gasteiger partial charge is 0.261 e. The summed E-state index contributed by atoms with van der Waals surface area (Å²) in [6.07, 6.45) is 3.14. The molecule has 2 N–H and O–H groups in total. The molecule has 1 aromatic carbocycles. The predicted octanol–water partition coefficient (Wildman–Crippen LogP) is 0.332. The Morgan fingerprint density at radius 3 is 2.57 bits per heavy atom. The van der Waals surface area contributed by atoms with Crippen LogP contribution in [-0.4, -0.2) is 91.8 Å². The fraction of sp³-hybridized carbons (Fsp3) is 0.524. The maximum Gasteiger partial charge on any atom is 0.261 e. The van der Waals surface area contributed by atoms with Crippen molar-refractivity contribution in [1.29, 1.82) is 0 Å². The molecule has 194 valence electrons. The maximum absolute atomic E-state index is 13.4. The number of benzene rings is 1. The number of imidazole rings is 1. The Hall–Kier alpha value is -2.68. The molecule has 0 unspecified atom stereocenters. The summed E-state index contributed by atoms with van der Waals surface area (Å²) >= 11 is 0. The van der Waals surface area contributed by atoms with Gasteiger partial charge in [-0.2, -0.15) is 4.31 Å². The molecule has 1 aliphatic rings. The number of hydrogen-bond acceptors (Lipinski definition) is 8. The van der Waals surface area contributed by atoms with Crippen LogP contribution in [0.25, 0.3) is 0 Å². The van der Waals surface area contributed by atoms with Crippen LogP contribution in [0.1, 0.15) is 24.2 Å². The van der Waals surface area contributed by atoms with Crippen LogP contribution in [0.4, 0.5) is 5.69 Å². The minimum atomic E-state index is -3.89. The zero-order valence-electron chi connectivity index (χ0n) is 20.2. The van der Waals surface area contributed by atoms with Gasteiger partial charge in [-0.3, -0.25) is 9.52 Å². The molecule has 0 aliphatic carbocycles. The number of aliphatic hydroxyl groups is 1. The maximum atomic E-state index is 13.4. The predicted molar refractivity (Wildman–Crippen MR) is 129 cm³/mol. The van der Waals surface area contributed by atoms with Gasteiger partial charge in [0.15, 0.2) is 5.03 Å². The summed E-state index contributed by atoms with van der Waals surface area (Å²) in [5.74, 6) is -0.556. The molecule has 0 saturated carbocycles. The van der Waals surface area contributed by atoms with Crippen molar-refractivity contribution in [2.75, 3.05) is 37.7 Å². The number of nitrogens with zero attached hydrogens (tertiary/aromatic N) is 4. The van der Waals surface area contributed by atoms with E-state index in [0.29, 0.717) is 0 Å². The fourth-order valence-electron chi connectivity index (χ4n) is 3.75. The van der Waals surface area contributed by atoms with Crippen molar-refractivity contribution in [2.24, 2.45) is 13.0 Å². The number of sulfonamides is 2. The lowest BCUT2D eigenvalue weighted by atomic mass is 9.99. The van der Waals surface area contributed by atoms with Crippen molar-refractivity contribution >= 4 is 31.6 Å². The molecule has 0 bridgehead atoms. The third kappa shape index (κ3) is 6.12. The Kier molecular flexibility index (Phi) is 7.79. The lowest BCUT2D eigenvalue weighted by molar-refractivity contribution is 0.0387. The number of carbonyl (C=O) groups is 1. The normalized spacial score (nSPS) is 20.1. The monoisotopic (exact) mass is 529 g/mol. The highest BCUT2D eigenvalue weighted by atomic mass is 32.2. The first kappa shape index (κ1) is 26.9. The molecule has 1 aliphatic heterocycles. The van der Waals surface area contributed by atoms with Gasteiger partial charge >= 0.3 is 0 Å². The van der Waals surface area contributed by atoms with Gasteiger partial charge in [0.2, 0.25) is 10.0 Å². The minimum absolute atomic E-state index is 0.0294. The Balaban J connectivity index is 1.99. The average Bonchev–Trinajstić information content (AvgIpc) is 3.22. The molecule has 3 atom stereocenters. The van der Waals surface area contributed by atoms with Crippen molar-refractivity contribution in [3.8, 4) is 5.75 Å². The van der Waals surface area contributed by atoms with Crippen LogP contribution in [0.2, 0.25) is 0 Å². The zero-order chi connectivity index (χ0) is 26.1. The van der Waals surface area contributed by atoms with Crippen molar-refractivity contribution in [3.63, 3.8) is 0 Å². The van der Waals surface area contributed by atoms with E-state index in [1.807, 2.05) is 6.92 Å². The molecule has 2 aromatic rings. The van der Waals surface area contributed by atoms with Crippen LogP contribution in [0.15, 0.2) is 35.7 Å². The summed E-state index contributed by atoms with van der Waals surface area (Å²) in [5.41, 5.74) is 0.283. The molecule has 35 heavy (non-hydrogen) atoms. The highest BCUT2D eigenvalue weighted by Gasteiger charge is 2.35. The number of nitrogens with one attached hydrogen (secondary N) is 1. The lowest BCUT2D eigenvalue weighted by Crippen LogP contribution is -2.50. The number of likely N-dealkylation sites (N-methyl/N-ethyl adjacent to an activating group) is 1. The van der Waals surface area contributed by atoms with Gasteiger partial charge in [-0.05, 0) is 25.1 Å². The second-order valence-electron chi connectivity index (χ2n) is 8.87. The highest BCUT2D eigenvalue weighted by Crippen LogP contribution is 2.31. The number of fused-ring (bicyclic) bond motifs is 1. The van der Waals surface area contributed by atoms with E-state index in [2.05, 4.69) is 9.71 Å². The van der Waals surface area contributed by atoms with E-state index in [9.17, 15) is 26.7 Å². The van der Waals surface area contributed by atoms with E-state index < -0.39 is 38.1 Å². The Labute approximate surface area is 205 Å². The van der Waals surface area contributed by atoms with Gasteiger partial charge in [0.05, 0.1) is 37.3 Å². The molecule has 0 saturated heterocycles. The van der Waals surface area contributed by atoms with Gasteiger partial charge in [0.25, 0.3) is 15.9 Å². The number of ether oxygens (including phenoxy) is 1. The summed E-state index contributed by atoms with van der Waals surface area (Å²) in [6, 6.07) is 3.78. The summed E-state index contributed by atoms with van der Waals surface area (Å²) in [7, 11) is -4.37. The zero-order valence-corrected chi connectivity index (χ0v) is 21.9. The Morgan fingerprint density at radius 1 is 1.31 bits per heavy atom. The quantitative estimate of drug-likeness (QED) is 0.497. The third-order valence-electron chi connectivity index (χ3n) is 5.76. The van der Waals surface area contributed by atoms with E-state index in [-0.39, 0.29) is 47.6 Å². The summed E-state index contributed by atoms with van der Waals surface area (Å²) in [4.78, 5) is 18.8. The van der Waals surface area contributed by atoms with Gasteiger partial charge in [-0.15, -0.1) is 0 Å². The van der Waals surface area contributed by atoms with Crippen molar-refractivity contribution in [1.82, 2.24) is 18.8 Å². The number of rotatable bonds is 8. The van der Waals surface area contributed by atoms with E-state index in [4.69, 9.17) is 4.74 Å². The molecular formula is C21H31N5O7S2. The molecule has 12 nitrogen and oxygen atoms in total. The number of aliphatic hydroxyl groups excluding tert-OH is 1. The van der Waals surface area contributed by atoms with Gasteiger partial charge in [0.1, 0.15) is 11.9 Å². The van der Waals surface area contributed by atoms with E-state index >= 15 is 0 Å². The largest absolute Gasteiger partial charge is 0.488 e.